The molecule has 0 aliphatic rings. The summed E-state index contributed by atoms with van der Waals surface area (Å²) in [5, 5.41) is 4.12. The molecule has 1 amide bonds. The second kappa shape index (κ2) is 6.93. The molecule has 0 atom stereocenters. The van der Waals surface area contributed by atoms with Crippen LogP contribution in [0.1, 0.15) is 32.7 Å². The van der Waals surface area contributed by atoms with Crippen LogP contribution in [0.3, 0.4) is 0 Å². The lowest BCUT2D eigenvalue weighted by Gasteiger charge is -2.15. The first-order chi connectivity index (χ1) is 11.9. The molecular weight excluding hydrogens is 312 g/mol. The van der Waals surface area contributed by atoms with E-state index in [-0.39, 0.29) is 5.91 Å². The Hall–Kier alpha value is -2.88. The molecule has 0 bridgehead atoms. The quantitative estimate of drug-likeness (QED) is 0.704. The molecule has 2 aromatic carbocycles. The molecule has 0 radical (unpaired) electrons. The Balaban J connectivity index is 1.75. The van der Waals surface area contributed by atoms with Crippen molar-refractivity contribution < 1.29 is 9.32 Å². The Morgan fingerprint density at radius 1 is 1.00 bits per heavy atom. The number of amides is 1. The van der Waals surface area contributed by atoms with Crippen LogP contribution in [0.5, 0.6) is 0 Å². The Morgan fingerprint density at radius 3 is 2.40 bits per heavy atom. The molecule has 3 rings (SSSR count). The molecule has 0 unspecified atom stereocenters. The molecule has 0 aliphatic carbocycles. The topological polar surface area (TPSA) is 46.3 Å². The Labute approximate surface area is 148 Å². The fourth-order valence-electron chi connectivity index (χ4n) is 2.75. The maximum absolute atomic E-state index is 12.5. The van der Waals surface area contributed by atoms with Crippen LogP contribution in [0.15, 0.2) is 53.1 Å². The smallest absolute Gasteiger partial charge is 0.253 e. The number of hydrogen-bond acceptors (Lipinski definition) is 3. The third-order valence-electron chi connectivity index (χ3n) is 4.26. The molecule has 25 heavy (non-hydrogen) atoms. The van der Waals surface area contributed by atoms with E-state index < -0.39 is 0 Å². The van der Waals surface area contributed by atoms with Gasteiger partial charge in [-0.2, -0.15) is 0 Å². The number of aryl methyl sites for hydroxylation is 3. The number of carbonyl (C=O) groups is 1. The fraction of sp³-hybridized carbons (Fsp3) is 0.238. The van der Waals surface area contributed by atoms with Gasteiger partial charge in [0.15, 0.2) is 5.76 Å². The van der Waals surface area contributed by atoms with Gasteiger partial charge in [-0.1, -0.05) is 40.5 Å². The van der Waals surface area contributed by atoms with Gasteiger partial charge in [-0.05, 0) is 44.5 Å². The SMILES string of the molecule is Cc1ccc(C(=O)N(C)Cc2cc(-c3cc(C)ccc3C)on2)cc1. The lowest BCUT2D eigenvalue weighted by atomic mass is 10.0. The zero-order valence-electron chi connectivity index (χ0n) is 15.0. The van der Waals surface area contributed by atoms with Gasteiger partial charge in [0.05, 0.1) is 6.54 Å². The number of aromatic nitrogens is 1. The zero-order chi connectivity index (χ0) is 18.0. The van der Waals surface area contributed by atoms with Crippen LogP contribution in [-0.4, -0.2) is 23.0 Å². The van der Waals surface area contributed by atoms with Crippen LogP contribution < -0.4 is 0 Å². The molecule has 0 saturated carbocycles. The molecule has 0 aliphatic heterocycles. The van der Waals surface area contributed by atoms with Crippen LogP contribution in [0.4, 0.5) is 0 Å². The standard InChI is InChI=1S/C21H22N2O2/c1-14-6-9-17(10-7-14)21(24)23(4)13-18-12-20(25-22-18)19-11-15(2)5-8-16(19)3/h5-12H,13H2,1-4H3. The summed E-state index contributed by atoms with van der Waals surface area (Å²) in [6.45, 7) is 6.50. The van der Waals surface area contributed by atoms with Gasteiger partial charge >= 0.3 is 0 Å². The number of nitrogens with zero attached hydrogens (tertiary/aromatic N) is 2. The maximum Gasteiger partial charge on any atom is 0.253 e. The third-order valence-corrected chi connectivity index (χ3v) is 4.26. The normalized spacial score (nSPS) is 10.7. The Bertz CT molecular complexity index is 895. The van der Waals surface area contributed by atoms with E-state index >= 15 is 0 Å². The zero-order valence-corrected chi connectivity index (χ0v) is 15.0. The van der Waals surface area contributed by atoms with Gasteiger partial charge in [-0.15, -0.1) is 0 Å². The minimum atomic E-state index is -0.0312. The van der Waals surface area contributed by atoms with Gasteiger partial charge in [0.1, 0.15) is 5.69 Å². The molecule has 0 fully saturated rings. The first-order valence-corrected chi connectivity index (χ1v) is 8.29. The minimum absolute atomic E-state index is 0.0312. The summed E-state index contributed by atoms with van der Waals surface area (Å²) < 4.78 is 5.50. The summed E-state index contributed by atoms with van der Waals surface area (Å²) in [7, 11) is 1.77. The number of hydrogen-bond donors (Lipinski definition) is 0. The van der Waals surface area contributed by atoms with Crippen LogP contribution in [0.25, 0.3) is 11.3 Å². The van der Waals surface area contributed by atoms with Crippen molar-refractivity contribution in [3.8, 4) is 11.3 Å². The van der Waals surface area contributed by atoms with Crippen molar-refractivity contribution in [1.29, 1.82) is 0 Å². The van der Waals surface area contributed by atoms with E-state index in [9.17, 15) is 4.79 Å². The summed E-state index contributed by atoms with van der Waals surface area (Å²) in [5.74, 6) is 0.698. The van der Waals surface area contributed by atoms with E-state index in [0.29, 0.717) is 12.1 Å². The van der Waals surface area contributed by atoms with E-state index in [1.54, 1.807) is 11.9 Å². The Morgan fingerprint density at radius 2 is 1.68 bits per heavy atom. The van der Waals surface area contributed by atoms with Crippen molar-refractivity contribution in [1.82, 2.24) is 10.1 Å². The molecule has 128 valence electrons. The second-order valence-electron chi connectivity index (χ2n) is 6.53. The van der Waals surface area contributed by atoms with E-state index in [0.717, 1.165) is 28.1 Å². The van der Waals surface area contributed by atoms with Gasteiger partial charge in [0.2, 0.25) is 0 Å². The predicted molar refractivity (Wildman–Crippen MR) is 98.4 cm³/mol. The van der Waals surface area contributed by atoms with Crippen molar-refractivity contribution in [2.24, 2.45) is 0 Å². The first-order valence-electron chi connectivity index (χ1n) is 8.29. The maximum atomic E-state index is 12.5. The van der Waals surface area contributed by atoms with Gasteiger partial charge in [-0.3, -0.25) is 4.79 Å². The van der Waals surface area contributed by atoms with Crippen molar-refractivity contribution in [3.63, 3.8) is 0 Å². The van der Waals surface area contributed by atoms with Gasteiger partial charge in [0, 0.05) is 24.2 Å². The molecule has 4 nitrogen and oxygen atoms in total. The monoisotopic (exact) mass is 334 g/mol. The van der Waals surface area contributed by atoms with E-state index in [1.807, 2.05) is 51.1 Å². The molecule has 4 heteroatoms. The molecule has 0 spiro atoms. The van der Waals surface area contributed by atoms with Gasteiger partial charge in [-0.25, -0.2) is 0 Å². The lowest BCUT2D eigenvalue weighted by Crippen LogP contribution is -2.26. The molecule has 0 N–H and O–H groups in total. The molecule has 0 saturated heterocycles. The number of rotatable bonds is 4. The average Bonchev–Trinajstić information content (AvgIpc) is 3.05. The Kier molecular flexibility index (Phi) is 4.70. The van der Waals surface area contributed by atoms with Crippen LogP contribution in [0, 0.1) is 20.8 Å². The molecule has 1 heterocycles. The van der Waals surface area contributed by atoms with Crippen LogP contribution in [-0.2, 0) is 6.54 Å². The highest BCUT2D eigenvalue weighted by Gasteiger charge is 2.15. The number of benzene rings is 2. The summed E-state index contributed by atoms with van der Waals surface area (Å²) in [6.07, 6.45) is 0. The second-order valence-corrected chi connectivity index (χ2v) is 6.53. The van der Waals surface area contributed by atoms with E-state index in [4.69, 9.17) is 4.52 Å². The highest BCUT2D eigenvalue weighted by molar-refractivity contribution is 5.94. The molecular formula is C21H22N2O2. The summed E-state index contributed by atoms with van der Waals surface area (Å²) in [6, 6.07) is 15.7. The van der Waals surface area contributed by atoms with Crippen molar-refractivity contribution in [2.75, 3.05) is 7.05 Å². The average molecular weight is 334 g/mol. The lowest BCUT2D eigenvalue weighted by molar-refractivity contribution is 0.0782. The van der Waals surface area contributed by atoms with Crippen LogP contribution >= 0.6 is 0 Å². The van der Waals surface area contributed by atoms with Gasteiger partial charge < -0.3 is 9.42 Å². The van der Waals surface area contributed by atoms with Crippen molar-refractivity contribution in [2.45, 2.75) is 27.3 Å². The largest absolute Gasteiger partial charge is 0.356 e. The van der Waals surface area contributed by atoms with Gasteiger partial charge in [0.25, 0.3) is 5.91 Å². The molecule has 3 aromatic rings. The van der Waals surface area contributed by atoms with Crippen molar-refractivity contribution >= 4 is 5.91 Å². The van der Waals surface area contributed by atoms with Crippen molar-refractivity contribution in [3.05, 3.63) is 76.5 Å². The van der Waals surface area contributed by atoms with E-state index in [2.05, 4.69) is 23.4 Å². The van der Waals surface area contributed by atoms with Crippen LogP contribution in [0.2, 0.25) is 0 Å². The predicted octanol–water partition coefficient (Wildman–Crippen LogP) is 4.54. The summed E-state index contributed by atoms with van der Waals surface area (Å²) in [5.41, 5.74) is 5.88. The summed E-state index contributed by atoms with van der Waals surface area (Å²) >= 11 is 0. The van der Waals surface area contributed by atoms with E-state index in [1.165, 1.54) is 5.56 Å². The fourth-order valence-corrected chi connectivity index (χ4v) is 2.75. The highest BCUT2D eigenvalue weighted by atomic mass is 16.5. The number of carbonyl (C=O) groups excluding carboxylic acids is 1. The highest BCUT2D eigenvalue weighted by Crippen LogP contribution is 2.25. The first kappa shape index (κ1) is 17.0. The summed E-state index contributed by atoms with van der Waals surface area (Å²) in [4.78, 5) is 14.2. The third kappa shape index (κ3) is 3.79. The minimum Gasteiger partial charge on any atom is -0.356 e. The molecule has 1 aromatic heterocycles.